The number of non-ortho nitro benzene ring substituents is 1. The van der Waals surface area contributed by atoms with Crippen molar-refractivity contribution in [2.24, 2.45) is 0 Å². The van der Waals surface area contributed by atoms with E-state index in [1.807, 2.05) is 11.8 Å². The van der Waals surface area contributed by atoms with E-state index >= 15 is 0 Å². The first-order valence-corrected chi connectivity index (χ1v) is 6.04. The second-order valence-corrected chi connectivity index (χ2v) is 4.40. The van der Waals surface area contributed by atoms with Crippen LogP contribution in [0.15, 0.2) is 18.2 Å². The molecule has 0 unspecified atom stereocenters. The molecule has 2 rings (SSSR count). The van der Waals surface area contributed by atoms with E-state index in [-0.39, 0.29) is 11.7 Å². The number of nitro benzene ring substituents is 1. The van der Waals surface area contributed by atoms with Crippen molar-refractivity contribution in [1.29, 1.82) is 0 Å². The highest BCUT2D eigenvalue weighted by molar-refractivity contribution is 5.53. The second-order valence-electron chi connectivity index (χ2n) is 4.40. The van der Waals surface area contributed by atoms with E-state index in [4.69, 9.17) is 0 Å². The van der Waals surface area contributed by atoms with Crippen molar-refractivity contribution in [3.63, 3.8) is 0 Å². The molecule has 1 saturated heterocycles. The fourth-order valence-corrected chi connectivity index (χ4v) is 2.08. The largest absolute Gasteiger partial charge is 0.364 e. The number of nitro groups is 1. The van der Waals surface area contributed by atoms with E-state index in [0.717, 1.165) is 32.1 Å². The van der Waals surface area contributed by atoms with E-state index in [9.17, 15) is 14.5 Å². The van der Waals surface area contributed by atoms with Crippen LogP contribution in [-0.2, 0) is 0 Å². The lowest BCUT2D eigenvalue weighted by molar-refractivity contribution is -0.385. The Kier molecular flexibility index (Phi) is 3.76. The van der Waals surface area contributed by atoms with Crippen LogP contribution in [0.2, 0.25) is 0 Å². The molecule has 1 fully saturated rings. The summed E-state index contributed by atoms with van der Waals surface area (Å²) in [5, 5.41) is 13.7. The molecule has 0 spiro atoms. The third-order valence-corrected chi connectivity index (χ3v) is 3.12. The Bertz CT molecular complexity index is 449. The molecule has 1 aromatic carbocycles. The quantitative estimate of drug-likeness (QED) is 0.643. The fourth-order valence-electron chi connectivity index (χ4n) is 2.08. The zero-order valence-corrected chi connectivity index (χ0v) is 10.2. The minimum Gasteiger partial charge on any atom is -0.364 e. The molecule has 0 radical (unpaired) electrons. The van der Waals surface area contributed by atoms with E-state index in [1.54, 1.807) is 0 Å². The van der Waals surface area contributed by atoms with Crippen molar-refractivity contribution in [1.82, 2.24) is 5.32 Å². The third kappa shape index (κ3) is 2.43. The summed E-state index contributed by atoms with van der Waals surface area (Å²) < 4.78 is 13.9. The SMILES string of the molecule is CCCN(c1ccc([N+](=O)[O-])cc1F)C1CNC1. The third-order valence-electron chi connectivity index (χ3n) is 3.12. The van der Waals surface area contributed by atoms with Gasteiger partial charge in [0.15, 0.2) is 5.82 Å². The summed E-state index contributed by atoms with van der Waals surface area (Å²) in [6, 6.07) is 4.12. The highest BCUT2D eigenvalue weighted by atomic mass is 19.1. The summed E-state index contributed by atoms with van der Waals surface area (Å²) >= 11 is 0. The molecule has 1 aliphatic heterocycles. The van der Waals surface area contributed by atoms with Crippen LogP contribution in [-0.4, -0.2) is 30.6 Å². The van der Waals surface area contributed by atoms with Crippen LogP contribution in [0.5, 0.6) is 0 Å². The topological polar surface area (TPSA) is 58.4 Å². The molecule has 1 aromatic rings. The van der Waals surface area contributed by atoms with E-state index in [0.29, 0.717) is 5.69 Å². The Morgan fingerprint density at radius 2 is 2.28 bits per heavy atom. The van der Waals surface area contributed by atoms with Crippen LogP contribution < -0.4 is 10.2 Å². The van der Waals surface area contributed by atoms with Crippen LogP contribution in [0.25, 0.3) is 0 Å². The molecule has 98 valence electrons. The zero-order valence-electron chi connectivity index (χ0n) is 10.2. The molecule has 5 nitrogen and oxygen atoms in total. The average molecular weight is 253 g/mol. The zero-order chi connectivity index (χ0) is 13.1. The van der Waals surface area contributed by atoms with Crippen molar-refractivity contribution in [2.45, 2.75) is 19.4 Å². The van der Waals surface area contributed by atoms with Gasteiger partial charge in [-0.3, -0.25) is 10.1 Å². The number of hydrogen-bond acceptors (Lipinski definition) is 4. The van der Waals surface area contributed by atoms with Gasteiger partial charge in [0.1, 0.15) is 0 Å². The first-order chi connectivity index (χ1) is 8.63. The predicted octanol–water partition coefficient (Wildman–Crippen LogP) is 1.92. The Balaban J connectivity index is 2.26. The van der Waals surface area contributed by atoms with Gasteiger partial charge in [-0.1, -0.05) is 6.92 Å². The molecule has 0 atom stereocenters. The van der Waals surface area contributed by atoms with Crippen molar-refractivity contribution >= 4 is 11.4 Å². The van der Waals surface area contributed by atoms with Gasteiger partial charge in [0, 0.05) is 25.7 Å². The van der Waals surface area contributed by atoms with Crippen LogP contribution in [0, 0.1) is 15.9 Å². The molecule has 1 heterocycles. The van der Waals surface area contributed by atoms with Crippen molar-refractivity contribution in [3.05, 3.63) is 34.1 Å². The summed E-state index contributed by atoms with van der Waals surface area (Å²) in [7, 11) is 0. The van der Waals surface area contributed by atoms with Gasteiger partial charge in [-0.25, -0.2) is 4.39 Å². The highest BCUT2D eigenvalue weighted by Crippen LogP contribution is 2.26. The molecule has 0 aliphatic carbocycles. The Hall–Kier alpha value is -1.69. The Morgan fingerprint density at radius 1 is 1.56 bits per heavy atom. The maximum Gasteiger partial charge on any atom is 0.272 e. The minimum absolute atomic E-state index is 0.209. The normalized spacial score (nSPS) is 15.2. The van der Waals surface area contributed by atoms with E-state index < -0.39 is 10.7 Å². The number of nitrogens with zero attached hydrogens (tertiary/aromatic N) is 2. The molecule has 6 heteroatoms. The Labute approximate surface area is 105 Å². The lowest BCUT2D eigenvalue weighted by Crippen LogP contribution is -2.57. The van der Waals surface area contributed by atoms with Gasteiger partial charge in [-0.2, -0.15) is 0 Å². The van der Waals surface area contributed by atoms with Gasteiger partial charge >= 0.3 is 0 Å². The summed E-state index contributed by atoms with van der Waals surface area (Å²) in [4.78, 5) is 12.0. The van der Waals surface area contributed by atoms with Crippen LogP contribution >= 0.6 is 0 Å². The van der Waals surface area contributed by atoms with Crippen LogP contribution in [0.4, 0.5) is 15.8 Å². The van der Waals surface area contributed by atoms with Crippen molar-refractivity contribution in [2.75, 3.05) is 24.5 Å². The molecule has 0 bridgehead atoms. The number of nitrogens with one attached hydrogen (secondary N) is 1. The minimum atomic E-state index is -0.581. The van der Waals surface area contributed by atoms with Gasteiger partial charge < -0.3 is 10.2 Å². The maximum atomic E-state index is 13.9. The molecule has 0 saturated carbocycles. The van der Waals surface area contributed by atoms with Gasteiger partial charge in [-0.05, 0) is 12.5 Å². The molecule has 0 amide bonds. The van der Waals surface area contributed by atoms with Gasteiger partial charge in [0.25, 0.3) is 5.69 Å². The van der Waals surface area contributed by atoms with Crippen LogP contribution in [0.3, 0.4) is 0 Å². The highest BCUT2D eigenvalue weighted by Gasteiger charge is 2.26. The summed E-state index contributed by atoms with van der Waals surface area (Å²) in [5.41, 5.74) is 0.244. The number of hydrogen-bond donors (Lipinski definition) is 1. The van der Waals surface area contributed by atoms with Gasteiger partial charge in [0.2, 0.25) is 0 Å². The van der Waals surface area contributed by atoms with Crippen LogP contribution in [0.1, 0.15) is 13.3 Å². The van der Waals surface area contributed by atoms with Crippen molar-refractivity contribution < 1.29 is 9.31 Å². The lowest BCUT2D eigenvalue weighted by atomic mass is 10.1. The number of benzene rings is 1. The second kappa shape index (κ2) is 5.30. The number of rotatable bonds is 5. The fraction of sp³-hybridized carbons (Fsp3) is 0.500. The van der Waals surface area contributed by atoms with E-state index in [2.05, 4.69) is 5.32 Å². The number of anilines is 1. The molecule has 1 aliphatic rings. The smallest absolute Gasteiger partial charge is 0.272 e. The van der Waals surface area contributed by atoms with Gasteiger partial charge in [-0.15, -0.1) is 0 Å². The Morgan fingerprint density at radius 3 is 2.72 bits per heavy atom. The monoisotopic (exact) mass is 253 g/mol. The summed E-state index contributed by atoms with van der Waals surface area (Å²) in [5.74, 6) is -0.524. The van der Waals surface area contributed by atoms with Gasteiger partial charge in [0.05, 0.1) is 22.7 Å². The molecular formula is C12H16FN3O2. The molecule has 1 N–H and O–H groups in total. The molecule has 18 heavy (non-hydrogen) atoms. The maximum absolute atomic E-state index is 13.9. The van der Waals surface area contributed by atoms with E-state index in [1.165, 1.54) is 12.1 Å². The summed E-state index contributed by atoms with van der Waals surface area (Å²) in [6.45, 7) is 4.44. The summed E-state index contributed by atoms with van der Waals surface area (Å²) in [6.07, 6.45) is 0.910. The standard InChI is InChI=1S/C12H16FN3O2/c1-2-5-15(10-7-14-8-10)12-4-3-9(16(17)18)6-11(12)13/h3-4,6,10,14H,2,5,7-8H2,1H3. The number of halogens is 1. The first-order valence-electron chi connectivity index (χ1n) is 6.04. The lowest BCUT2D eigenvalue weighted by Gasteiger charge is -2.39. The van der Waals surface area contributed by atoms with Crippen molar-refractivity contribution in [3.8, 4) is 0 Å². The first kappa shape index (κ1) is 12.8. The molecule has 0 aromatic heterocycles. The predicted molar refractivity (Wildman–Crippen MR) is 67.3 cm³/mol. The molecular weight excluding hydrogens is 237 g/mol. The average Bonchev–Trinajstić information content (AvgIpc) is 2.26.